The zero-order valence-corrected chi connectivity index (χ0v) is 28.8. The minimum Gasteiger partial charge on any atom is -1.00 e. The van der Waals surface area contributed by atoms with E-state index in [1.807, 2.05) is 30.3 Å². The Bertz CT molecular complexity index is 1340. The van der Waals surface area contributed by atoms with Crippen LogP contribution in [0.25, 0.3) is 33.4 Å². The molecule has 0 radical (unpaired) electrons. The summed E-state index contributed by atoms with van der Waals surface area (Å²) in [4.78, 5) is 0. The molecule has 0 aliphatic heterocycles. The molecule has 0 saturated carbocycles. The van der Waals surface area contributed by atoms with Crippen molar-refractivity contribution in [3.05, 3.63) is 138 Å². The first kappa shape index (κ1) is 35.8. The number of benzene rings is 4. The van der Waals surface area contributed by atoms with E-state index in [1.165, 1.54) is 106 Å². The number of halogens is 2. The van der Waals surface area contributed by atoms with Crippen LogP contribution in [0.4, 0.5) is 0 Å². The normalized spacial score (nSPS) is 10.5. The summed E-state index contributed by atoms with van der Waals surface area (Å²) in [6.45, 7) is 4.56. The molecule has 6 rings (SSSR count). The summed E-state index contributed by atoms with van der Waals surface area (Å²) in [6, 6.07) is 43.1. The maximum Gasteiger partial charge on any atom is -0.172 e. The first-order valence-electron chi connectivity index (χ1n) is 14.7. The van der Waals surface area contributed by atoms with Gasteiger partial charge in [-0.25, -0.2) is 12.1 Å². The molecule has 42 heavy (non-hydrogen) atoms. The molecular formula is C39H40Cl2Zr-2. The van der Waals surface area contributed by atoms with E-state index in [2.05, 4.69) is 103 Å². The van der Waals surface area contributed by atoms with Crippen molar-refractivity contribution in [2.24, 2.45) is 0 Å². The number of unbranched alkanes of at least 4 members (excludes halogenated alkanes) is 2. The van der Waals surface area contributed by atoms with Crippen LogP contribution < -0.4 is 24.8 Å². The van der Waals surface area contributed by atoms with Crippen molar-refractivity contribution >= 4 is 4.21 Å². The molecule has 0 heterocycles. The molecule has 0 bridgehead atoms. The van der Waals surface area contributed by atoms with Gasteiger partial charge in [-0.2, -0.15) is 18.2 Å². The van der Waals surface area contributed by atoms with E-state index in [9.17, 15) is 0 Å². The molecule has 0 nitrogen and oxygen atoms in total. The predicted octanol–water partition coefficient (Wildman–Crippen LogP) is 4.46. The van der Waals surface area contributed by atoms with Crippen LogP contribution in [-0.2, 0) is 43.5 Å². The zero-order chi connectivity index (χ0) is 28.2. The van der Waals surface area contributed by atoms with Gasteiger partial charge in [-0.3, -0.25) is 0 Å². The molecule has 0 aromatic heterocycles. The van der Waals surface area contributed by atoms with E-state index in [1.54, 1.807) is 0 Å². The summed E-state index contributed by atoms with van der Waals surface area (Å²) in [6.07, 6.45) is 8.11. The monoisotopic (exact) mass is 668 g/mol. The Morgan fingerprint density at radius 2 is 1.21 bits per heavy atom. The Balaban J connectivity index is 0.000000612. The van der Waals surface area contributed by atoms with Crippen LogP contribution >= 0.6 is 0 Å². The summed E-state index contributed by atoms with van der Waals surface area (Å²) >= 11 is 1.30. The second-order valence-corrected chi connectivity index (χ2v) is 10.3. The van der Waals surface area contributed by atoms with Crippen LogP contribution in [-0.4, -0.2) is 4.21 Å². The minimum absolute atomic E-state index is 0. The SMILES string of the molecule is CCCCc1cc2c([c-]c1-c1ccccc1)Cc1cc(-c3ccccc3)c(CCCC)cc1-2.[CH2]=[Zr+2].[Cl-].[Cl-].c1cc[cH-]c1. The molecule has 0 unspecified atom stereocenters. The summed E-state index contributed by atoms with van der Waals surface area (Å²) in [5, 5.41) is 0. The third-order valence-corrected chi connectivity index (χ3v) is 7.53. The maximum absolute atomic E-state index is 3.89. The molecule has 0 atom stereocenters. The molecule has 3 heteroatoms. The maximum atomic E-state index is 3.89. The fourth-order valence-electron chi connectivity index (χ4n) is 5.50. The molecule has 5 aromatic carbocycles. The van der Waals surface area contributed by atoms with Gasteiger partial charge < -0.3 is 24.8 Å². The van der Waals surface area contributed by atoms with Crippen molar-refractivity contribution in [1.82, 2.24) is 0 Å². The van der Waals surface area contributed by atoms with Gasteiger partial charge in [0.1, 0.15) is 0 Å². The molecule has 1 aliphatic carbocycles. The van der Waals surface area contributed by atoms with Crippen molar-refractivity contribution in [2.45, 2.75) is 58.8 Å². The quantitative estimate of drug-likeness (QED) is 0.210. The number of fused-ring (bicyclic) bond motifs is 3. The van der Waals surface area contributed by atoms with Crippen LogP contribution in [0.3, 0.4) is 0 Å². The molecule has 0 spiro atoms. The Morgan fingerprint density at radius 3 is 1.76 bits per heavy atom. The predicted molar refractivity (Wildman–Crippen MR) is 171 cm³/mol. The van der Waals surface area contributed by atoms with E-state index < -0.39 is 0 Å². The van der Waals surface area contributed by atoms with Gasteiger partial charge in [-0.15, -0.1) is 28.8 Å². The van der Waals surface area contributed by atoms with Crippen LogP contribution in [0.1, 0.15) is 61.8 Å². The smallest absolute Gasteiger partial charge is 0.172 e. The van der Waals surface area contributed by atoms with Crippen LogP contribution in [0.5, 0.6) is 0 Å². The van der Waals surface area contributed by atoms with Crippen molar-refractivity contribution in [1.29, 1.82) is 0 Å². The molecule has 1 aliphatic rings. The Hall–Kier alpha value is -2.44. The van der Waals surface area contributed by atoms with Gasteiger partial charge in [0, 0.05) is 0 Å². The molecule has 0 saturated heterocycles. The zero-order valence-electron chi connectivity index (χ0n) is 24.8. The number of hydrogen-bond acceptors (Lipinski definition) is 0. The topological polar surface area (TPSA) is 0 Å². The average Bonchev–Trinajstić information content (AvgIpc) is 3.72. The standard InChI is InChI=1S/C33H33.C5H5.CH2.2ClH.Zr/c1-3-5-13-26-20-32-28(22-30(26)24-15-9-7-10-16-24)19-29-23-31(25-17-11-8-12-18-25)27(14-6-4-2)21-33(29)32;1-2-4-5-3-1;;;;/h7-12,15-18,20-22H,3-6,13-14,19H2,1-2H3;1-5H;1H2;2*1H;/q2*-1;;;;+2/p-2. The van der Waals surface area contributed by atoms with Crippen LogP contribution in [0, 0.1) is 6.07 Å². The first-order chi connectivity index (χ1) is 19.8. The van der Waals surface area contributed by atoms with Crippen LogP contribution in [0.2, 0.25) is 0 Å². The summed E-state index contributed by atoms with van der Waals surface area (Å²) in [7, 11) is 0. The number of hydrogen-bond donors (Lipinski definition) is 0. The first-order valence-corrected chi connectivity index (χ1v) is 16.4. The van der Waals surface area contributed by atoms with Crippen molar-refractivity contribution < 1.29 is 49.0 Å². The van der Waals surface area contributed by atoms with E-state index in [-0.39, 0.29) is 24.8 Å². The second kappa shape index (κ2) is 19.0. The summed E-state index contributed by atoms with van der Waals surface area (Å²) in [5.74, 6) is 0. The number of aryl methyl sites for hydroxylation is 2. The second-order valence-electron chi connectivity index (χ2n) is 10.3. The van der Waals surface area contributed by atoms with E-state index in [4.69, 9.17) is 0 Å². The minimum atomic E-state index is 0. The van der Waals surface area contributed by atoms with Crippen molar-refractivity contribution in [2.75, 3.05) is 0 Å². The Labute approximate surface area is 281 Å². The fraction of sp³-hybridized carbons (Fsp3) is 0.231. The summed E-state index contributed by atoms with van der Waals surface area (Å²) in [5.41, 5.74) is 13.9. The van der Waals surface area contributed by atoms with E-state index in [0.717, 1.165) is 19.3 Å². The average molecular weight is 671 g/mol. The van der Waals surface area contributed by atoms with Gasteiger partial charge >= 0.3 is 28.4 Å². The third-order valence-electron chi connectivity index (χ3n) is 7.53. The molecule has 216 valence electrons. The van der Waals surface area contributed by atoms with Gasteiger partial charge in [-0.05, 0) is 41.5 Å². The molecule has 0 amide bonds. The molecule has 0 N–H and O–H groups in total. The third kappa shape index (κ3) is 9.03. The van der Waals surface area contributed by atoms with Gasteiger partial charge in [0.25, 0.3) is 0 Å². The van der Waals surface area contributed by atoms with Gasteiger partial charge in [0.2, 0.25) is 0 Å². The fourth-order valence-corrected chi connectivity index (χ4v) is 5.50. The Morgan fingerprint density at radius 1 is 0.667 bits per heavy atom. The van der Waals surface area contributed by atoms with E-state index >= 15 is 0 Å². The Kier molecular flexibility index (Phi) is 16.1. The largest absolute Gasteiger partial charge is 1.00 e. The van der Waals surface area contributed by atoms with Gasteiger partial charge in [0.05, 0.1) is 0 Å². The van der Waals surface area contributed by atoms with Crippen LogP contribution in [0.15, 0.2) is 109 Å². The van der Waals surface area contributed by atoms with Gasteiger partial charge in [0.15, 0.2) is 0 Å². The van der Waals surface area contributed by atoms with Crippen molar-refractivity contribution in [3.63, 3.8) is 0 Å². The van der Waals surface area contributed by atoms with Crippen molar-refractivity contribution in [3.8, 4) is 33.4 Å². The summed E-state index contributed by atoms with van der Waals surface area (Å²) < 4.78 is 3.34. The molecule has 5 aromatic rings. The van der Waals surface area contributed by atoms with E-state index in [0.29, 0.717) is 0 Å². The number of rotatable bonds is 8. The molecular weight excluding hydrogens is 631 g/mol. The van der Waals surface area contributed by atoms with Gasteiger partial charge in [-0.1, -0.05) is 129 Å². The molecule has 0 fully saturated rings.